The molecule has 0 radical (unpaired) electrons. The standard InChI is InChI=1S/C30H33N3O7/c1-35-26-10-8-21(15-27(26)36-2)40-25-9-7-20(14-23(25)31)38-12-5-13-39-29-17-24-22(16-28(29)37-3)30(34)33-11-4-6-19(33)18-32-24/h7-10,14-19H,4-6,11-13,31H2,1-3H3/t19-/m0/s1. The minimum atomic E-state index is -0.0207. The van der Waals surface area contributed by atoms with Crippen molar-refractivity contribution in [2.45, 2.75) is 25.3 Å². The number of aliphatic imine (C=N–C) groups is 1. The second kappa shape index (κ2) is 12.1. The van der Waals surface area contributed by atoms with E-state index >= 15 is 0 Å². The molecule has 0 unspecified atom stereocenters. The molecular weight excluding hydrogens is 514 g/mol. The van der Waals surface area contributed by atoms with Crippen molar-refractivity contribution in [1.29, 1.82) is 0 Å². The van der Waals surface area contributed by atoms with E-state index in [1.807, 2.05) is 11.1 Å². The van der Waals surface area contributed by atoms with Gasteiger partial charge in [-0.25, -0.2) is 0 Å². The first-order valence-corrected chi connectivity index (χ1v) is 13.1. The molecule has 2 heterocycles. The van der Waals surface area contributed by atoms with Crippen LogP contribution in [0.3, 0.4) is 0 Å². The molecule has 0 aliphatic carbocycles. The topological polar surface area (TPSA) is 114 Å². The van der Waals surface area contributed by atoms with E-state index in [9.17, 15) is 4.79 Å². The number of nitrogens with zero attached hydrogens (tertiary/aromatic N) is 2. The molecule has 40 heavy (non-hydrogen) atoms. The fourth-order valence-corrected chi connectivity index (χ4v) is 4.77. The predicted octanol–water partition coefficient (Wildman–Crippen LogP) is 5.26. The van der Waals surface area contributed by atoms with Crippen LogP contribution in [-0.4, -0.2) is 64.2 Å². The Kier molecular flexibility index (Phi) is 8.14. The molecule has 2 aliphatic heterocycles. The van der Waals surface area contributed by atoms with Gasteiger partial charge in [-0.2, -0.15) is 0 Å². The van der Waals surface area contributed by atoms with E-state index in [2.05, 4.69) is 4.99 Å². The number of rotatable bonds is 11. The van der Waals surface area contributed by atoms with E-state index < -0.39 is 0 Å². The number of nitrogen functional groups attached to an aromatic ring is 1. The second-order valence-corrected chi connectivity index (χ2v) is 9.38. The van der Waals surface area contributed by atoms with Gasteiger partial charge in [-0.05, 0) is 43.2 Å². The number of carbonyl (C=O) groups excluding carboxylic acids is 1. The number of anilines is 1. The lowest BCUT2D eigenvalue weighted by atomic mass is 10.1. The third-order valence-electron chi connectivity index (χ3n) is 6.84. The summed E-state index contributed by atoms with van der Waals surface area (Å²) in [6.07, 6.45) is 4.39. The molecule has 1 fully saturated rings. The number of hydrogen-bond donors (Lipinski definition) is 1. The second-order valence-electron chi connectivity index (χ2n) is 9.38. The van der Waals surface area contributed by atoms with Gasteiger partial charge in [0.1, 0.15) is 11.5 Å². The van der Waals surface area contributed by atoms with Gasteiger partial charge >= 0.3 is 0 Å². The van der Waals surface area contributed by atoms with E-state index in [1.54, 1.807) is 69.9 Å². The van der Waals surface area contributed by atoms with Gasteiger partial charge < -0.3 is 39.1 Å². The van der Waals surface area contributed by atoms with Crippen molar-refractivity contribution in [3.63, 3.8) is 0 Å². The minimum Gasteiger partial charge on any atom is -0.493 e. The number of ether oxygens (including phenoxy) is 6. The molecule has 10 nitrogen and oxygen atoms in total. The Labute approximate surface area is 233 Å². The van der Waals surface area contributed by atoms with Crippen molar-refractivity contribution in [3.8, 4) is 40.2 Å². The number of amides is 1. The first-order chi connectivity index (χ1) is 19.5. The van der Waals surface area contributed by atoms with Gasteiger partial charge in [0.15, 0.2) is 28.7 Å². The number of nitrogens with two attached hydrogens (primary N) is 1. The van der Waals surface area contributed by atoms with Crippen LogP contribution in [0.2, 0.25) is 0 Å². The van der Waals surface area contributed by atoms with E-state index in [1.165, 1.54) is 0 Å². The third kappa shape index (κ3) is 5.70. The molecule has 10 heteroatoms. The van der Waals surface area contributed by atoms with Crippen LogP contribution in [0.15, 0.2) is 53.5 Å². The van der Waals surface area contributed by atoms with Crippen LogP contribution in [0, 0.1) is 0 Å². The maximum Gasteiger partial charge on any atom is 0.256 e. The molecule has 0 bridgehead atoms. The summed E-state index contributed by atoms with van der Waals surface area (Å²) in [6, 6.07) is 14.1. The molecular formula is C30H33N3O7. The van der Waals surface area contributed by atoms with E-state index in [0.29, 0.717) is 76.8 Å². The van der Waals surface area contributed by atoms with Gasteiger partial charge in [0.25, 0.3) is 5.91 Å². The summed E-state index contributed by atoms with van der Waals surface area (Å²) in [5.41, 5.74) is 7.77. The normalized spacial score (nSPS) is 15.6. The smallest absolute Gasteiger partial charge is 0.256 e. The number of carbonyl (C=O) groups is 1. The highest BCUT2D eigenvalue weighted by Crippen LogP contribution is 2.38. The van der Waals surface area contributed by atoms with Gasteiger partial charge in [0.05, 0.1) is 57.5 Å². The van der Waals surface area contributed by atoms with Crippen molar-refractivity contribution in [3.05, 3.63) is 54.1 Å². The Balaban J connectivity index is 1.15. The van der Waals surface area contributed by atoms with Crippen LogP contribution in [0.4, 0.5) is 11.4 Å². The molecule has 3 aromatic carbocycles. The van der Waals surface area contributed by atoms with E-state index in [4.69, 9.17) is 34.2 Å². The Morgan fingerprint density at radius 3 is 2.35 bits per heavy atom. The molecule has 1 amide bonds. The quantitative estimate of drug-likeness (QED) is 0.256. The molecule has 3 aromatic rings. The SMILES string of the molecule is COc1ccc(Oc2ccc(OCCCOc3cc4c(cc3OC)C(=O)N3CCC[C@H]3C=N4)cc2N)cc1OC. The summed E-state index contributed by atoms with van der Waals surface area (Å²) in [4.78, 5) is 19.5. The third-order valence-corrected chi connectivity index (χ3v) is 6.84. The van der Waals surface area contributed by atoms with E-state index in [0.717, 1.165) is 19.4 Å². The van der Waals surface area contributed by atoms with Gasteiger partial charge in [-0.3, -0.25) is 9.79 Å². The number of methoxy groups -OCH3 is 3. The highest BCUT2D eigenvalue weighted by Gasteiger charge is 2.32. The first-order valence-electron chi connectivity index (χ1n) is 13.1. The number of fused-ring (bicyclic) bond motifs is 2. The first kappa shape index (κ1) is 27.0. The van der Waals surface area contributed by atoms with Crippen molar-refractivity contribution in [2.75, 3.05) is 46.8 Å². The fraction of sp³-hybridized carbons (Fsp3) is 0.333. The predicted molar refractivity (Wildman–Crippen MR) is 151 cm³/mol. The monoisotopic (exact) mass is 547 g/mol. The van der Waals surface area contributed by atoms with Crippen molar-refractivity contribution >= 4 is 23.5 Å². The molecule has 2 N–H and O–H groups in total. The average Bonchev–Trinajstić information content (AvgIpc) is 3.40. The maximum atomic E-state index is 13.0. The van der Waals surface area contributed by atoms with Crippen LogP contribution in [-0.2, 0) is 0 Å². The van der Waals surface area contributed by atoms with Crippen molar-refractivity contribution < 1.29 is 33.2 Å². The largest absolute Gasteiger partial charge is 0.493 e. The van der Waals surface area contributed by atoms with Crippen molar-refractivity contribution in [2.24, 2.45) is 4.99 Å². The number of benzene rings is 3. The zero-order valence-electron chi connectivity index (χ0n) is 22.8. The van der Waals surface area contributed by atoms with Crippen LogP contribution < -0.4 is 34.2 Å². The highest BCUT2D eigenvalue weighted by molar-refractivity contribution is 6.03. The van der Waals surface area contributed by atoms with Crippen LogP contribution in [0.1, 0.15) is 29.6 Å². The Bertz CT molecular complexity index is 1410. The molecule has 0 saturated carbocycles. The summed E-state index contributed by atoms with van der Waals surface area (Å²) in [7, 11) is 4.70. The molecule has 5 rings (SSSR count). The molecule has 0 aromatic heterocycles. The van der Waals surface area contributed by atoms with Gasteiger partial charge in [-0.15, -0.1) is 0 Å². The Morgan fingerprint density at radius 1 is 0.850 bits per heavy atom. The molecule has 2 aliphatic rings. The Morgan fingerprint density at radius 2 is 1.57 bits per heavy atom. The molecule has 1 atom stereocenters. The highest BCUT2D eigenvalue weighted by atomic mass is 16.5. The van der Waals surface area contributed by atoms with Gasteiger partial charge in [0, 0.05) is 37.4 Å². The molecule has 210 valence electrons. The summed E-state index contributed by atoms with van der Waals surface area (Å²) in [5, 5.41) is 0. The number of hydrogen-bond acceptors (Lipinski definition) is 9. The summed E-state index contributed by atoms with van der Waals surface area (Å²) >= 11 is 0. The van der Waals surface area contributed by atoms with E-state index in [-0.39, 0.29) is 11.9 Å². The van der Waals surface area contributed by atoms with Crippen molar-refractivity contribution in [1.82, 2.24) is 4.90 Å². The molecule has 0 spiro atoms. The summed E-state index contributed by atoms with van der Waals surface area (Å²) in [6.45, 7) is 1.54. The summed E-state index contributed by atoms with van der Waals surface area (Å²) in [5.74, 6) is 3.87. The zero-order valence-corrected chi connectivity index (χ0v) is 22.8. The molecule has 1 saturated heterocycles. The minimum absolute atomic E-state index is 0.0207. The fourth-order valence-electron chi connectivity index (χ4n) is 4.77. The maximum absolute atomic E-state index is 13.0. The zero-order chi connectivity index (χ0) is 28.1. The van der Waals surface area contributed by atoms with Crippen LogP contribution in [0.25, 0.3) is 0 Å². The van der Waals surface area contributed by atoms with Crippen LogP contribution in [0.5, 0.6) is 40.2 Å². The van der Waals surface area contributed by atoms with Crippen LogP contribution >= 0.6 is 0 Å². The van der Waals surface area contributed by atoms with Gasteiger partial charge in [-0.1, -0.05) is 0 Å². The lowest BCUT2D eigenvalue weighted by Crippen LogP contribution is -2.35. The summed E-state index contributed by atoms with van der Waals surface area (Å²) < 4.78 is 33.8. The average molecular weight is 548 g/mol. The lowest BCUT2D eigenvalue weighted by Gasteiger charge is -2.20. The Hall–Kier alpha value is -4.60. The van der Waals surface area contributed by atoms with Gasteiger partial charge in [0.2, 0.25) is 0 Å². The lowest BCUT2D eigenvalue weighted by molar-refractivity contribution is 0.0774.